The lowest BCUT2D eigenvalue weighted by atomic mass is 9.92. The second kappa shape index (κ2) is 5.65. The molecule has 100 valence electrons. The summed E-state index contributed by atoms with van der Waals surface area (Å²) in [6.07, 6.45) is 0.0597. The average molecular weight is 260 g/mol. The largest absolute Gasteiger partial charge is 0.458 e. The Kier molecular flexibility index (Phi) is 3.94. The number of rotatable bonds is 3. The molecule has 0 fully saturated rings. The fourth-order valence-electron chi connectivity index (χ4n) is 1.90. The van der Waals surface area contributed by atoms with E-state index in [2.05, 4.69) is 10.5 Å². The Morgan fingerprint density at radius 1 is 1.37 bits per heavy atom. The van der Waals surface area contributed by atoms with Gasteiger partial charge in [0.2, 0.25) is 5.91 Å². The van der Waals surface area contributed by atoms with E-state index in [9.17, 15) is 9.59 Å². The van der Waals surface area contributed by atoms with Crippen molar-refractivity contribution in [2.45, 2.75) is 32.3 Å². The lowest BCUT2D eigenvalue weighted by Gasteiger charge is -2.21. The SMILES string of the molecule is CC(C)OC(=O)C1=NNC(=O)C(c2ccccc2)C1. The molecule has 1 aliphatic heterocycles. The van der Waals surface area contributed by atoms with Crippen LogP contribution in [0.1, 0.15) is 31.7 Å². The van der Waals surface area contributed by atoms with Crippen molar-refractivity contribution in [2.24, 2.45) is 5.10 Å². The summed E-state index contributed by atoms with van der Waals surface area (Å²) in [6, 6.07) is 9.33. The van der Waals surface area contributed by atoms with Crippen LogP contribution < -0.4 is 5.43 Å². The molecule has 5 heteroatoms. The normalized spacial score (nSPS) is 18.8. The van der Waals surface area contributed by atoms with Crippen molar-refractivity contribution in [1.82, 2.24) is 5.43 Å². The van der Waals surface area contributed by atoms with E-state index in [4.69, 9.17) is 4.74 Å². The minimum absolute atomic E-state index is 0.202. The van der Waals surface area contributed by atoms with Gasteiger partial charge in [0.15, 0.2) is 0 Å². The van der Waals surface area contributed by atoms with E-state index in [-0.39, 0.29) is 24.1 Å². The highest BCUT2D eigenvalue weighted by Crippen LogP contribution is 2.23. The van der Waals surface area contributed by atoms with Crippen molar-refractivity contribution in [1.29, 1.82) is 0 Å². The Bertz CT molecular complexity index is 509. The van der Waals surface area contributed by atoms with E-state index in [1.807, 2.05) is 30.3 Å². The minimum atomic E-state index is -0.476. The van der Waals surface area contributed by atoms with E-state index in [0.29, 0.717) is 0 Å². The van der Waals surface area contributed by atoms with Crippen molar-refractivity contribution in [3.8, 4) is 0 Å². The molecule has 1 N–H and O–H groups in total. The molecule has 0 spiro atoms. The van der Waals surface area contributed by atoms with Gasteiger partial charge < -0.3 is 4.74 Å². The first kappa shape index (κ1) is 13.3. The van der Waals surface area contributed by atoms with Gasteiger partial charge in [0.1, 0.15) is 5.71 Å². The Hall–Kier alpha value is -2.17. The summed E-state index contributed by atoms with van der Waals surface area (Å²) in [7, 11) is 0. The average Bonchev–Trinajstić information content (AvgIpc) is 2.39. The van der Waals surface area contributed by atoms with Crippen LogP contribution in [0.2, 0.25) is 0 Å². The molecular formula is C14H16N2O3. The zero-order valence-corrected chi connectivity index (χ0v) is 10.9. The van der Waals surface area contributed by atoms with Crippen LogP contribution in [0.5, 0.6) is 0 Å². The first-order valence-corrected chi connectivity index (χ1v) is 6.20. The van der Waals surface area contributed by atoms with Gasteiger partial charge in [-0.2, -0.15) is 5.10 Å². The molecule has 1 aromatic rings. The van der Waals surface area contributed by atoms with Crippen molar-refractivity contribution in [3.05, 3.63) is 35.9 Å². The summed E-state index contributed by atoms with van der Waals surface area (Å²) < 4.78 is 5.09. The molecule has 1 amide bonds. The van der Waals surface area contributed by atoms with Crippen molar-refractivity contribution in [2.75, 3.05) is 0 Å². The molecular weight excluding hydrogens is 244 g/mol. The highest BCUT2D eigenvalue weighted by Gasteiger charge is 2.30. The number of hydrogen-bond acceptors (Lipinski definition) is 4. The molecule has 0 saturated heterocycles. The summed E-state index contributed by atoms with van der Waals surface area (Å²) in [6.45, 7) is 3.54. The van der Waals surface area contributed by atoms with Crippen LogP contribution in [0.3, 0.4) is 0 Å². The molecule has 1 unspecified atom stereocenters. The highest BCUT2D eigenvalue weighted by molar-refractivity contribution is 6.37. The standard InChI is InChI=1S/C14H16N2O3/c1-9(2)19-14(18)12-8-11(13(17)16-15-12)10-6-4-3-5-7-10/h3-7,9,11H,8H2,1-2H3,(H,16,17). The fourth-order valence-corrected chi connectivity index (χ4v) is 1.90. The number of ether oxygens (including phenoxy) is 1. The van der Waals surface area contributed by atoms with Crippen molar-refractivity contribution >= 4 is 17.6 Å². The zero-order chi connectivity index (χ0) is 13.8. The second-order valence-corrected chi connectivity index (χ2v) is 4.66. The highest BCUT2D eigenvalue weighted by atomic mass is 16.5. The topological polar surface area (TPSA) is 67.8 Å². The number of amides is 1. The molecule has 19 heavy (non-hydrogen) atoms. The van der Waals surface area contributed by atoms with Gasteiger partial charge in [0, 0.05) is 6.42 Å². The van der Waals surface area contributed by atoms with Crippen LogP contribution in [-0.2, 0) is 14.3 Å². The van der Waals surface area contributed by atoms with Crippen LogP contribution in [0, 0.1) is 0 Å². The number of hydrogen-bond donors (Lipinski definition) is 1. The van der Waals surface area contributed by atoms with E-state index in [1.54, 1.807) is 13.8 Å². The zero-order valence-electron chi connectivity index (χ0n) is 10.9. The Morgan fingerprint density at radius 3 is 2.68 bits per heavy atom. The quantitative estimate of drug-likeness (QED) is 0.839. The smallest absolute Gasteiger partial charge is 0.354 e. The molecule has 0 radical (unpaired) electrons. The maximum atomic E-state index is 11.8. The summed E-state index contributed by atoms with van der Waals surface area (Å²) in [5.74, 6) is -1.07. The van der Waals surface area contributed by atoms with Crippen molar-refractivity contribution in [3.63, 3.8) is 0 Å². The summed E-state index contributed by atoms with van der Waals surface area (Å²) in [4.78, 5) is 23.6. The number of benzene rings is 1. The lowest BCUT2D eigenvalue weighted by molar-refractivity contribution is -0.139. The van der Waals surface area contributed by atoms with Crippen LogP contribution in [0.4, 0.5) is 0 Å². The monoisotopic (exact) mass is 260 g/mol. The van der Waals surface area contributed by atoms with Gasteiger partial charge in [-0.25, -0.2) is 10.2 Å². The van der Waals surface area contributed by atoms with Gasteiger partial charge in [-0.3, -0.25) is 4.79 Å². The number of hydrazone groups is 1. The van der Waals surface area contributed by atoms with Crippen LogP contribution in [0.15, 0.2) is 35.4 Å². The number of esters is 1. The predicted molar refractivity (Wildman–Crippen MR) is 70.6 cm³/mol. The third kappa shape index (κ3) is 3.19. The minimum Gasteiger partial charge on any atom is -0.458 e. The van der Waals surface area contributed by atoms with Crippen LogP contribution in [-0.4, -0.2) is 23.7 Å². The number of nitrogens with one attached hydrogen (secondary N) is 1. The van der Waals surface area contributed by atoms with E-state index >= 15 is 0 Å². The predicted octanol–water partition coefficient (Wildman–Crippen LogP) is 1.60. The molecule has 1 heterocycles. The van der Waals surface area contributed by atoms with Gasteiger partial charge in [-0.05, 0) is 19.4 Å². The van der Waals surface area contributed by atoms with Gasteiger partial charge in [-0.15, -0.1) is 0 Å². The first-order valence-electron chi connectivity index (χ1n) is 6.20. The van der Waals surface area contributed by atoms with Gasteiger partial charge in [-0.1, -0.05) is 30.3 Å². The maximum Gasteiger partial charge on any atom is 0.354 e. The molecule has 0 aliphatic carbocycles. The van der Waals surface area contributed by atoms with E-state index in [0.717, 1.165) is 5.56 Å². The molecule has 2 rings (SSSR count). The Labute approximate surface area is 111 Å². The maximum absolute atomic E-state index is 11.8. The molecule has 0 saturated carbocycles. The van der Waals surface area contributed by atoms with Crippen LogP contribution >= 0.6 is 0 Å². The molecule has 5 nitrogen and oxygen atoms in total. The van der Waals surface area contributed by atoms with Gasteiger partial charge >= 0.3 is 5.97 Å². The van der Waals surface area contributed by atoms with Gasteiger partial charge in [0.25, 0.3) is 0 Å². The van der Waals surface area contributed by atoms with E-state index in [1.165, 1.54) is 0 Å². The number of carbonyl (C=O) groups excluding carboxylic acids is 2. The third-order valence-electron chi connectivity index (χ3n) is 2.80. The summed E-state index contributed by atoms with van der Waals surface area (Å²) >= 11 is 0. The number of carbonyl (C=O) groups is 2. The fraction of sp³-hybridized carbons (Fsp3) is 0.357. The Morgan fingerprint density at radius 2 is 2.05 bits per heavy atom. The second-order valence-electron chi connectivity index (χ2n) is 4.66. The number of nitrogens with zero attached hydrogens (tertiary/aromatic N) is 1. The molecule has 0 aromatic heterocycles. The van der Waals surface area contributed by atoms with Crippen LogP contribution in [0.25, 0.3) is 0 Å². The van der Waals surface area contributed by atoms with Gasteiger partial charge in [0.05, 0.1) is 12.0 Å². The van der Waals surface area contributed by atoms with E-state index < -0.39 is 11.9 Å². The van der Waals surface area contributed by atoms with Crippen molar-refractivity contribution < 1.29 is 14.3 Å². The lowest BCUT2D eigenvalue weighted by Crippen LogP contribution is -2.37. The molecule has 0 bridgehead atoms. The molecule has 1 aliphatic rings. The molecule has 1 atom stereocenters. The summed E-state index contributed by atoms with van der Waals surface area (Å²) in [5.41, 5.74) is 3.50. The third-order valence-corrected chi connectivity index (χ3v) is 2.80. The summed E-state index contributed by atoms with van der Waals surface area (Å²) in [5, 5.41) is 3.78. The Balaban J connectivity index is 2.15. The first-order chi connectivity index (χ1) is 9.08. The molecule has 1 aromatic carbocycles.